The van der Waals surface area contributed by atoms with Crippen LogP contribution in [0.25, 0.3) is 0 Å². The largest absolute Gasteiger partial charge is 0.438 e. The van der Waals surface area contributed by atoms with Crippen LogP contribution < -0.4 is 10.1 Å². The Hall–Kier alpha value is -2.70. The maximum Gasteiger partial charge on any atom is 0.257 e. The second kappa shape index (κ2) is 9.87. The minimum atomic E-state index is -0.142. The normalized spacial score (nSPS) is 15.0. The highest BCUT2D eigenvalue weighted by molar-refractivity contribution is 9.10. The van der Waals surface area contributed by atoms with Crippen LogP contribution in [0.4, 0.5) is 0 Å². The molecule has 0 atom stereocenters. The molecule has 0 radical (unpaired) electrons. The van der Waals surface area contributed by atoms with Crippen LogP contribution in [0.1, 0.15) is 28.8 Å². The van der Waals surface area contributed by atoms with Gasteiger partial charge in [-0.2, -0.15) is 0 Å². The van der Waals surface area contributed by atoms with Crippen molar-refractivity contribution in [2.75, 3.05) is 13.1 Å². The number of piperidine rings is 1. The van der Waals surface area contributed by atoms with Gasteiger partial charge in [-0.1, -0.05) is 46.3 Å². The van der Waals surface area contributed by atoms with Crippen molar-refractivity contribution in [3.8, 4) is 11.6 Å². The topological polar surface area (TPSA) is 54.5 Å². The van der Waals surface area contributed by atoms with Crippen molar-refractivity contribution in [3.63, 3.8) is 0 Å². The third kappa shape index (κ3) is 5.46. The van der Waals surface area contributed by atoms with Gasteiger partial charge in [-0.25, -0.2) is 4.98 Å². The van der Waals surface area contributed by atoms with Crippen molar-refractivity contribution in [2.24, 2.45) is 0 Å². The molecular weight excluding hydrogens is 442 g/mol. The van der Waals surface area contributed by atoms with Gasteiger partial charge in [0.2, 0.25) is 5.88 Å². The summed E-state index contributed by atoms with van der Waals surface area (Å²) in [5.74, 6) is 0.815. The second-order valence-electron chi connectivity index (χ2n) is 7.42. The summed E-state index contributed by atoms with van der Waals surface area (Å²) in [5.41, 5.74) is 1.78. The fourth-order valence-electron chi connectivity index (χ4n) is 3.60. The maximum atomic E-state index is 12.9. The molecule has 3 aromatic rings. The molecule has 4 rings (SSSR count). The Morgan fingerprint density at radius 3 is 2.50 bits per heavy atom. The van der Waals surface area contributed by atoms with E-state index in [0.29, 0.717) is 17.2 Å². The number of hydrogen-bond acceptors (Lipinski definition) is 4. The van der Waals surface area contributed by atoms with E-state index in [1.54, 1.807) is 18.3 Å². The average Bonchev–Trinajstić information content (AvgIpc) is 2.78. The maximum absolute atomic E-state index is 12.9. The van der Waals surface area contributed by atoms with Crippen molar-refractivity contribution in [3.05, 3.63) is 88.5 Å². The number of aromatic nitrogens is 1. The number of amides is 1. The smallest absolute Gasteiger partial charge is 0.257 e. The van der Waals surface area contributed by atoms with Gasteiger partial charge in [0.25, 0.3) is 5.91 Å². The molecule has 2 aromatic carbocycles. The van der Waals surface area contributed by atoms with E-state index in [1.165, 1.54) is 5.56 Å². The molecule has 0 spiro atoms. The van der Waals surface area contributed by atoms with Crippen LogP contribution in [0, 0.1) is 0 Å². The van der Waals surface area contributed by atoms with Crippen molar-refractivity contribution < 1.29 is 9.53 Å². The number of carbonyl (C=O) groups excluding carboxylic acids is 1. The Labute approximate surface area is 185 Å². The van der Waals surface area contributed by atoms with E-state index < -0.39 is 0 Å². The summed E-state index contributed by atoms with van der Waals surface area (Å²) >= 11 is 3.41. The zero-order valence-electron chi connectivity index (χ0n) is 16.6. The number of halogens is 1. The molecule has 1 aliphatic heterocycles. The second-order valence-corrected chi connectivity index (χ2v) is 8.34. The molecule has 154 valence electrons. The SMILES string of the molecule is O=C(NC1CCN(Cc2ccccc2)CC1)c1cccnc1Oc1ccc(Br)cc1. The highest BCUT2D eigenvalue weighted by Gasteiger charge is 2.23. The van der Waals surface area contributed by atoms with Crippen molar-refractivity contribution in [1.82, 2.24) is 15.2 Å². The number of nitrogens with one attached hydrogen (secondary N) is 1. The van der Waals surface area contributed by atoms with Gasteiger partial charge in [0.15, 0.2) is 0 Å². The molecule has 1 amide bonds. The lowest BCUT2D eigenvalue weighted by molar-refractivity contribution is 0.0906. The first kappa shape index (κ1) is 20.6. The molecule has 1 aromatic heterocycles. The molecule has 1 saturated heterocycles. The summed E-state index contributed by atoms with van der Waals surface area (Å²) in [6, 6.07) is 21.6. The number of likely N-dealkylation sites (tertiary alicyclic amines) is 1. The molecule has 0 bridgehead atoms. The molecule has 1 fully saturated rings. The van der Waals surface area contributed by atoms with Gasteiger partial charge >= 0.3 is 0 Å². The van der Waals surface area contributed by atoms with Gasteiger partial charge in [0.05, 0.1) is 0 Å². The van der Waals surface area contributed by atoms with Crippen molar-refractivity contribution in [1.29, 1.82) is 0 Å². The molecular formula is C24H24BrN3O2. The first-order valence-electron chi connectivity index (χ1n) is 10.1. The summed E-state index contributed by atoms with van der Waals surface area (Å²) in [4.78, 5) is 19.6. The molecule has 0 aliphatic carbocycles. The Balaban J connectivity index is 1.34. The predicted octanol–water partition coefficient (Wildman–Crippen LogP) is 5.03. The van der Waals surface area contributed by atoms with E-state index in [0.717, 1.165) is 36.9 Å². The van der Waals surface area contributed by atoms with Crippen LogP contribution in [0.5, 0.6) is 11.6 Å². The zero-order valence-corrected chi connectivity index (χ0v) is 18.2. The van der Waals surface area contributed by atoms with Gasteiger partial charge in [-0.05, 0) is 54.8 Å². The minimum Gasteiger partial charge on any atom is -0.438 e. The van der Waals surface area contributed by atoms with E-state index in [2.05, 4.69) is 55.4 Å². The van der Waals surface area contributed by atoms with Gasteiger partial charge in [-0.15, -0.1) is 0 Å². The van der Waals surface area contributed by atoms with E-state index in [-0.39, 0.29) is 11.9 Å². The quantitative estimate of drug-likeness (QED) is 0.554. The molecule has 1 aliphatic rings. The minimum absolute atomic E-state index is 0.142. The number of nitrogens with zero attached hydrogens (tertiary/aromatic N) is 2. The molecule has 1 N–H and O–H groups in total. The van der Waals surface area contributed by atoms with Crippen LogP contribution in [0.15, 0.2) is 77.4 Å². The number of rotatable bonds is 6. The van der Waals surface area contributed by atoms with Crippen LogP contribution in [0.3, 0.4) is 0 Å². The number of pyridine rings is 1. The standard InChI is InChI=1S/C24H24BrN3O2/c25-19-8-10-21(11-9-19)30-24-22(7-4-14-26-24)23(29)27-20-12-15-28(16-13-20)17-18-5-2-1-3-6-18/h1-11,14,20H,12-13,15-17H2,(H,27,29). The average molecular weight is 466 g/mol. The first-order chi connectivity index (χ1) is 14.7. The van der Waals surface area contributed by atoms with Crippen LogP contribution in [-0.2, 0) is 6.54 Å². The number of hydrogen-bond donors (Lipinski definition) is 1. The van der Waals surface area contributed by atoms with Crippen LogP contribution >= 0.6 is 15.9 Å². The lowest BCUT2D eigenvalue weighted by atomic mass is 10.0. The first-order valence-corrected chi connectivity index (χ1v) is 10.9. The molecule has 6 heteroatoms. The summed E-state index contributed by atoms with van der Waals surface area (Å²) in [6.45, 7) is 2.89. The predicted molar refractivity (Wildman–Crippen MR) is 121 cm³/mol. The summed E-state index contributed by atoms with van der Waals surface area (Å²) < 4.78 is 6.82. The van der Waals surface area contributed by atoms with Crippen molar-refractivity contribution in [2.45, 2.75) is 25.4 Å². The molecule has 5 nitrogen and oxygen atoms in total. The summed E-state index contributed by atoms with van der Waals surface area (Å²) in [5, 5.41) is 3.16. The number of ether oxygens (including phenoxy) is 1. The zero-order chi connectivity index (χ0) is 20.8. The van der Waals surface area contributed by atoms with Crippen molar-refractivity contribution >= 4 is 21.8 Å². The lowest BCUT2D eigenvalue weighted by Gasteiger charge is -2.32. The highest BCUT2D eigenvalue weighted by atomic mass is 79.9. The lowest BCUT2D eigenvalue weighted by Crippen LogP contribution is -2.44. The third-order valence-corrected chi connectivity index (χ3v) is 5.74. The van der Waals surface area contributed by atoms with E-state index in [1.807, 2.05) is 30.3 Å². The Morgan fingerprint density at radius 2 is 1.77 bits per heavy atom. The number of carbonyl (C=O) groups is 1. The molecule has 2 heterocycles. The fraction of sp³-hybridized carbons (Fsp3) is 0.250. The third-order valence-electron chi connectivity index (χ3n) is 5.22. The van der Waals surface area contributed by atoms with Gasteiger partial charge < -0.3 is 10.1 Å². The van der Waals surface area contributed by atoms with Crippen LogP contribution in [0.2, 0.25) is 0 Å². The highest BCUT2D eigenvalue weighted by Crippen LogP contribution is 2.25. The molecule has 0 unspecified atom stereocenters. The van der Waals surface area contributed by atoms with Gasteiger partial charge in [-0.3, -0.25) is 9.69 Å². The van der Waals surface area contributed by atoms with E-state index in [4.69, 9.17) is 4.74 Å². The summed E-state index contributed by atoms with van der Waals surface area (Å²) in [7, 11) is 0. The Bertz CT molecular complexity index is 971. The van der Waals surface area contributed by atoms with E-state index >= 15 is 0 Å². The Morgan fingerprint density at radius 1 is 1.03 bits per heavy atom. The fourth-order valence-corrected chi connectivity index (χ4v) is 3.86. The monoisotopic (exact) mass is 465 g/mol. The number of benzene rings is 2. The summed E-state index contributed by atoms with van der Waals surface area (Å²) in [6.07, 6.45) is 3.50. The molecule has 30 heavy (non-hydrogen) atoms. The Kier molecular flexibility index (Phi) is 6.77. The molecule has 0 saturated carbocycles. The van der Waals surface area contributed by atoms with E-state index in [9.17, 15) is 4.79 Å². The van der Waals surface area contributed by atoms with Crippen LogP contribution in [-0.4, -0.2) is 34.9 Å². The van der Waals surface area contributed by atoms with Gasteiger partial charge in [0.1, 0.15) is 11.3 Å². The van der Waals surface area contributed by atoms with Gasteiger partial charge in [0, 0.05) is 36.3 Å².